The van der Waals surface area contributed by atoms with Gasteiger partial charge < -0.3 is 36.8 Å². The largest absolute Gasteiger partial charge is 0.391 e. The molecule has 2 aliphatic heterocycles. The van der Waals surface area contributed by atoms with Crippen LogP contribution in [0.4, 0.5) is 0 Å². The maximum absolute atomic E-state index is 14.3. The molecule has 2 heterocycles. The summed E-state index contributed by atoms with van der Waals surface area (Å²) in [4.78, 5) is 55.3. The van der Waals surface area contributed by atoms with Gasteiger partial charge in [-0.1, -0.05) is 30.3 Å². The number of aliphatic hydroxyl groups excluding tert-OH is 2. The molecular formula is C25H37N5O6. The molecule has 6 atom stereocenters. The lowest BCUT2D eigenvalue weighted by Crippen LogP contribution is -2.65. The summed E-state index contributed by atoms with van der Waals surface area (Å²) in [6.07, 6.45) is -0.207. The fraction of sp³-hybridized carbons (Fsp3) is 0.600. The van der Waals surface area contributed by atoms with Crippen molar-refractivity contribution < 1.29 is 29.4 Å². The minimum Gasteiger partial charge on any atom is -0.391 e. The zero-order chi connectivity index (χ0) is 26.6. The van der Waals surface area contributed by atoms with Crippen molar-refractivity contribution >= 4 is 23.6 Å². The zero-order valence-electron chi connectivity index (χ0n) is 20.8. The summed E-state index contributed by atoms with van der Waals surface area (Å²) in [6, 6.07) is 5.95. The first-order valence-electron chi connectivity index (χ1n) is 12.4. The molecule has 0 spiro atoms. The average Bonchev–Trinajstić information content (AvgIpc) is 3.49. The number of aliphatic hydroxyl groups is 2. The Hall–Kier alpha value is -3.02. The molecule has 0 saturated carbocycles. The average molecular weight is 504 g/mol. The fourth-order valence-corrected chi connectivity index (χ4v) is 5.23. The summed E-state index contributed by atoms with van der Waals surface area (Å²) in [5.74, 6) is -2.36. The summed E-state index contributed by atoms with van der Waals surface area (Å²) < 4.78 is 0. The molecule has 0 aliphatic carbocycles. The lowest BCUT2D eigenvalue weighted by Gasteiger charge is -2.42. The highest BCUT2D eigenvalue weighted by atomic mass is 16.3. The summed E-state index contributed by atoms with van der Waals surface area (Å²) in [7, 11) is 0. The van der Waals surface area contributed by atoms with Gasteiger partial charge in [0, 0.05) is 19.5 Å². The number of carbonyl (C=O) groups excluding carboxylic acids is 4. The molecule has 0 radical (unpaired) electrons. The van der Waals surface area contributed by atoms with E-state index < -0.39 is 53.6 Å². The number of rotatable bonds is 9. The van der Waals surface area contributed by atoms with Crippen LogP contribution in [-0.4, -0.2) is 92.6 Å². The number of nitrogens with one attached hydrogen (secondary N) is 1. The SMILES string of the molecule is C[C@@H](O)[C@H](N)C(=O)N1CCCC1(Cc1ccccc1)C(=O)N1CCCC1C(=O)N[C@H](C(N)=O)[C@@H](C)O. The number of primary amides is 1. The van der Waals surface area contributed by atoms with Crippen LogP contribution in [-0.2, 0) is 25.6 Å². The lowest BCUT2D eigenvalue weighted by atomic mass is 9.85. The van der Waals surface area contributed by atoms with Crippen LogP contribution in [0.25, 0.3) is 0 Å². The second-order valence-electron chi connectivity index (χ2n) is 9.84. The summed E-state index contributed by atoms with van der Waals surface area (Å²) in [6.45, 7) is 3.37. The van der Waals surface area contributed by atoms with Crippen LogP contribution in [0.1, 0.15) is 45.1 Å². The van der Waals surface area contributed by atoms with E-state index in [4.69, 9.17) is 11.5 Å². The Morgan fingerprint density at radius 3 is 2.33 bits per heavy atom. The monoisotopic (exact) mass is 503 g/mol. The normalized spacial score (nSPS) is 25.2. The van der Waals surface area contributed by atoms with E-state index in [2.05, 4.69) is 5.32 Å². The minimum absolute atomic E-state index is 0.230. The van der Waals surface area contributed by atoms with Gasteiger partial charge in [-0.3, -0.25) is 19.2 Å². The maximum atomic E-state index is 14.3. The van der Waals surface area contributed by atoms with Crippen molar-refractivity contribution in [3.63, 3.8) is 0 Å². The van der Waals surface area contributed by atoms with Crippen molar-refractivity contribution in [3.8, 4) is 0 Å². The Kier molecular flexibility index (Phi) is 8.70. The molecule has 7 N–H and O–H groups in total. The quantitative estimate of drug-likeness (QED) is 0.276. The molecule has 4 amide bonds. The summed E-state index contributed by atoms with van der Waals surface area (Å²) in [5.41, 5.74) is 10.9. The number of benzene rings is 1. The third kappa shape index (κ3) is 5.53. The van der Waals surface area contributed by atoms with Crippen molar-refractivity contribution in [2.24, 2.45) is 11.5 Å². The van der Waals surface area contributed by atoms with Crippen LogP contribution in [0.15, 0.2) is 30.3 Å². The molecule has 11 heteroatoms. The van der Waals surface area contributed by atoms with Crippen LogP contribution >= 0.6 is 0 Å². The van der Waals surface area contributed by atoms with Crippen molar-refractivity contribution in [3.05, 3.63) is 35.9 Å². The Labute approximate surface area is 210 Å². The molecule has 11 nitrogen and oxygen atoms in total. The molecule has 2 aliphatic rings. The van der Waals surface area contributed by atoms with Gasteiger partial charge in [0.1, 0.15) is 23.7 Å². The van der Waals surface area contributed by atoms with Gasteiger partial charge in [0.05, 0.1) is 12.2 Å². The lowest BCUT2D eigenvalue weighted by molar-refractivity contribution is -0.155. The Balaban J connectivity index is 1.95. The van der Waals surface area contributed by atoms with Gasteiger partial charge >= 0.3 is 0 Å². The number of likely N-dealkylation sites (tertiary alicyclic amines) is 2. The van der Waals surface area contributed by atoms with E-state index in [0.717, 1.165) is 5.56 Å². The van der Waals surface area contributed by atoms with Gasteiger partial charge in [-0.05, 0) is 45.1 Å². The van der Waals surface area contributed by atoms with Crippen molar-refractivity contribution in [2.45, 2.75) is 81.8 Å². The Morgan fingerprint density at radius 2 is 1.75 bits per heavy atom. The highest BCUT2D eigenvalue weighted by Crippen LogP contribution is 2.37. The number of nitrogens with two attached hydrogens (primary N) is 2. The Bertz CT molecular complexity index is 971. The van der Waals surface area contributed by atoms with E-state index in [1.165, 1.54) is 23.6 Å². The molecular weight excluding hydrogens is 466 g/mol. The first-order chi connectivity index (χ1) is 17.0. The van der Waals surface area contributed by atoms with E-state index in [0.29, 0.717) is 38.8 Å². The second-order valence-corrected chi connectivity index (χ2v) is 9.84. The molecule has 1 aromatic rings. The molecule has 36 heavy (non-hydrogen) atoms. The highest BCUT2D eigenvalue weighted by Gasteiger charge is 2.54. The highest BCUT2D eigenvalue weighted by molar-refractivity contribution is 5.98. The van der Waals surface area contributed by atoms with E-state index in [9.17, 15) is 29.4 Å². The van der Waals surface area contributed by atoms with E-state index >= 15 is 0 Å². The molecule has 2 saturated heterocycles. The first kappa shape index (κ1) is 27.6. The molecule has 3 rings (SSSR count). The topological polar surface area (TPSA) is 179 Å². The zero-order valence-corrected chi connectivity index (χ0v) is 20.8. The second kappa shape index (κ2) is 11.4. The predicted octanol–water partition coefficient (Wildman–Crippen LogP) is -1.36. The van der Waals surface area contributed by atoms with Gasteiger partial charge in [0.15, 0.2) is 0 Å². The molecule has 1 aromatic carbocycles. The molecule has 2 fully saturated rings. The van der Waals surface area contributed by atoms with Crippen LogP contribution in [0.5, 0.6) is 0 Å². The molecule has 2 unspecified atom stereocenters. The summed E-state index contributed by atoms with van der Waals surface area (Å²) >= 11 is 0. The number of nitrogens with zero attached hydrogens (tertiary/aromatic N) is 2. The maximum Gasteiger partial charge on any atom is 0.249 e. The molecule has 198 valence electrons. The molecule has 0 bridgehead atoms. The number of hydrogen-bond acceptors (Lipinski definition) is 7. The van der Waals surface area contributed by atoms with Crippen molar-refractivity contribution in [1.29, 1.82) is 0 Å². The van der Waals surface area contributed by atoms with E-state index in [1.807, 2.05) is 30.3 Å². The standard InChI is InChI=1S/C25H37N5O6/c1-15(31)19(26)23(35)30-13-7-11-25(30,14-17-8-4-3-5-9-17)24(36)29-12-6-10-18(29)22(34)28-20(16(2)32)21(27)33/h3-5,8-9,15-16,18-20,31-32H,6-7,10-14,26H2,1-2H3,(H2,27,33)(H,28,34)/t15-,16-,18?,19+,20+,25?/m1/s1. The minimum atomic E-state index is -1.29. The smallest absolute Gasteiger partial charge is 0.249 e. The summed E-state index contributed by atoms with van der Waals surface area (Å²) in [5, 5.41) is 22.3. The van der Waals surface area contributed by atoms with E-state index in [1.54, 1.807) is 0 Å². The van der Waals surface area contributed by atoms with Gasteiger partial charge in [-0.2, -0.15) is 0 Å². The third-order valence-corrected chi connectivity index (χ3v) is 7.20. The first-order valence-corrected chi connectivity index (χ1v) is 12.4. The van der Waals surface area contributed by atoms with Gasteiger partial charge in [0.2, 0.25) is 23.6 Å². The number of hydrogen-bond donors (Lipinski definition) is 5. The van der Waals surface area contributed by atoms with Crippen molar-refractivity contribution in [2.75, 3.05) is 13.1 Å². The number of amides is 4. The van der Waals surface area contributed by atoms with Gasteiger partial charge in [-0.25, -0.2) is 0 Å². The van der Waals surface area contributed by atoms with Crippen LogP contribution in [0.3, 0.4) is 0 Å². The molecule has 0 aromatic heterocycles. The van der Waals surface area contributed by atoms with E-state index in [-0.39, 0.29) is 12.3 Å². The van der Waals surface area contributed by atoms with Crippen LogP contribution in [0, 0.1) is 0 Å². The van der Waals surface area contributed by atoms with Gasteiger partial charge in [0.25, 0.3) is 0 Å². The fourth-order valence-electron chi connectivity index (χ4n) is 5.23. The third-order valence-electron chi connectivity index (χ3n) is 7.20. The van der Waals surface area contributed by atoms with Crippen molar-refractivity contribution in [1.82, 2.24) is 15.1 Å². The van der Waals surface area contributed by atoms with Gasteiger partial charge in [-0.15, -0.1) is 0 Å². The predicted molar refractivity (Wildman–Crippen MR) is 131 cm³/mol. The van der Waals surface area contributed by atoms with Crippen LogP contribution < -0.4 is 16.8 Å². The number of carbonyl (C=O) groups is 4. The Morgan fingerprint density at radius 1 is 1.08 bits per heavy atom. The van der Waals surface area contributed by atoms with Crippen LogP contribution in [0.2, 0.25) is 0 Å².